The van der Waals surface area contributed by atoms with E-state index in [9.17, 15) is 4.79 Å². The lowest BCUT2D eigenvalue weighted by molar-refractivity contribution is 0.0367. The molecule has 0 bridgehead atoms. The second kappa shape index (κ2) is 4.59. The third-order valence-electron chi connectivity index (χ3n) is 6.07. The SMILES string of the molecule is COc1cc2c(cc1C)C(=O)CC1C(C)(C)CCCC21C. The topological polar surface area (TPSA) is 26.3 Å². The summed E-state index contributed by atoms with van der Waals surface area (Å²) in [4.78, 5) is 12.7. The summed E-state index contributed by atoms with van der Waals surface area (Å²) in [6.45, 7) is 9.04. The number of aryl methyl sites for hydroxylation is 1. The quantitative estimate of drug-likeness (QED) is 0.749. The Kier molecular flexibility index (Phi) is 3.20. The van der Waals surface area contributed by atoms with Crippen molar-refractivity contribution in [3.8, 4) is 5.75 Å². The van der Waals surface area contributed by atoms with Crippen molar-refractivity contribution < 1.29 is 9.53 Å². The molecule has 0 radical (unpaired) electrons. The molecular formula is C19H26O2. The standard InChI is InChI=1S/C19H26O2/c1-12-9-13-14(10-16(12)21-5)19(4)8-6-7-18(2,3)17(19)11-15(13)20/h9-10,17H,6-8,11H2,1-5H3. The number of ether oxygens (including phenoxy) is 1. The average Bonchev–Trinajstić information content (AvgIpc) is 2.41. The molecule has 2 aliphatic rings. The highest BCUT2D eigenvalue weighted by atomic mass is 16.5. The van der Waals surface area contributed by atoms with Crippen molar-refractivity contribution in [1.29, 1.82) is 0 Å². The Morgan fingerprint density at radius 1 is 1.19 bits per heavy atom. The first kappa shape index (κ1) is 14.6. The van der Waals surface area contributed by atoms with Crippen molar-refractivity contribution in [2.24, 2.45) is 11.3 Å². The lowest BCUT2D eigenvalue weighted by Gasteiger charge is -2.53. The van der Waals surface area contributed by atoms with Crippen LogP contribution < -0.4 is 4.74 Å². The van der Waals surface area contributed by atoms with Gasteiger partial charge in [-0.05, 0) is 59.8 Å². The number of hydrogen-bond acceptors (Lipinski definition) is 2. The van der Waals surface area contributed by atoms with E-state index < -0.39 is 0 Å². The van der Waals surface area contributed by atoms with Gasteiger partial charge in [0.15, 0.2) is 5.78 Å². The van der Waals surface area contributed by atoms with Gasteiger partial charge in [0.1, 0.15) is 5.75 Å². The van der Waals surface area contributed by atoms with Gasteiger partial charge in [0.25, 0.3) is 0 Å². The maximum atomic E-state index is 12.7. The average molecular weight is 286 g/mol. The van der Waals surface area contributed by atoms with Crippen molar-refractivity contribution in [1.82, 2.24) is 0 Å². The highest BCUT2D eigenvalue weighted by Crippen LogP contribution is 2.57. The second-order valence-electron chi connectivity index (χ2n) is 7.81. The van der Waals surface area contributed by atoms with Gasteiger partial charge in [0.05, 0.1) is 7.11 Å². The lowest BCUT2D eigenvalue weighted by Crippen LogP contribution is -2.49. The van der Waals surface area contributed by atoms with E-state index in [1.54, 1.807) is 7.11 Å². The highest BCUT2D eigenvalue weighted by molar-refractivity contribution is 6.00. The zero-order valence-electron chi connectivity index (χ0n) is 13.9. The van der Waals surface area contributed by atoms with Crippen LogP contribution in [0, 0.1) is 18.3 Å². The van der Waals surface area contributed by atoms with E-state index in [0.717, 1.165) is 16.9 Å². The molecule has 3 rings (SSSR count). The van der Waals surface area contributed by atoms with Gasteiger partial charge in [0.2, 0.25) is 0 Å². The predicted molar refractivity (Wildman–Crippen MR) is 85.2 cm³/mol. The number of benzene rings is 1. The second-order valence-corrected chi connectivity index (χ2v) is 7.81. The van der Waals surface area contributed by atoms with Gasteiger partial charge in [-0.1, -0.05) is 27.2 Å². The number of hydrogen-bond donors (Lipinski definition) is 0. The zero-order chi connectivity index (χ0) is 15.4. The van der Waals surface area contributed by atoms with Crippen molar-refractivity contribution in [3.63, 3.8) is 0 Å². The molecule has 1 aromatic rings. The fourth-order valence-corrected chi connectivity index (χ4v) is 4.85. The lowest BCUT2D eigenvalue weighted by atomic mass is 9.50. The number of Topliss-reactive ketones (excluding diaryl/α,β-unsaturated/α-hetero) is 1. The molecule has 0 amide bonds. The third-order valence-corrected chi connectivity index (χ3v) is 6.07. The zero-order valence-corrected chi connectivity index (χ0v) is 13.9. The summed E-state index contributed by atoms with van der Waals surface area (Å²) in [6, 6.07) is 4.18. The third kappa shape index (κ3) is 2.03. The Morgan fingerprint density at radius 3 is 2.57 bits per heavy atom. The van der Waals surface area contributed by atoms with Gasteiger partial charge in [0, 0.05) is 12.0 Å². The molecule has 0 aromatic heterocycles. The van der Waals surface area contributed by atoms with Gasteiger partial charge < -0.3 is 4.74 Å². The summed E-state index contributed by atoms with van der Waals surface area (Å²) in [7, 11) is 1.71. The summed E-state index contributed by atoms with van der Waals surface area (Å²) in [5, 5.41) is 0. The molecule has 1 fully saturated rings. The molecule has 1 saturated carbocycles. The first-order chi connectivity index (χ1) is 9.79. The molecule has 2 heteroatoms. The van der Waals surface area contributed by atoms with E-state index in [2.05, 4.69) is 26.8 Å². The van der Waals surface area contributed by atoms with Crippen LogP contribution in [0.15, 0.2) is 12.1 Å². The Morgan fingerprint density at radius 2 is 1.90 bits per heavy atom. The number of ketones is 1. The molecule has 2 nitrogen and oxygen atoms in total. The largest absolute Gasteiger partial charge is 0.496 e. The van der Waals surface area contributed by atoms with Crippen LogP contribution in [0.4, 0.5) is 0 Å². The van der Waals surface area contributed by atoms with E-state index in [4.69, 9.17) is 4.74 Å². The maximum absolute atomic E-state index is 12.7. The minimum atomic E-state index is 0.103. The molecule has 0 N–H and O–H groups in total. The highest BCUT2D eigenvalue weighted by Gasteiger charge is 2.51. The monoisotopic (exact) mass is 286 g/mol. The number of carbonyl (C=O) groups excluding carboxylic acids is 1. The van der Waals surface area contributed by atoms with Crippen molar-refractivity contribution in [2.75, 3.05) is 7.11 Å². The molecule has 0 saturated heterocycles. The number of fused-ring (bicyclic) bond motifs is 3. The van der Waals surface area contributed by atoms with Gasteiger partial charge in [-0.15, -0.1) is 0 Å². The first-order valence-electron chi connectivity index (χ1n) is 8.02. The maximum Gasteiger partial charge on any atom is 0.163 e. The molecule has 2 atom stereocenters. The number of methoxy groups -OCH3 is 1. The summed E-state index contributed by atoms with van der Waals surface area (Å²) < 4.78 is 5.51. The van der Waals surface area contributed by atoms with Crippen molar-refractivity contribution in [2.45, 2.75) is 58.8 Å². The van der Waals surface area contributed by atoms with Crippen LogP contribution in [0.3, 0.4) is 0 Å². The minimum absolute atomic E-state index is 0.103. The first-order valence-corrected chi connectivity index (χ1v) is 8.02. The molecule has 2 unspecified atom stereocenters. The summed E-state index contributed by atoms with van der Waals surface area (Å²) >= 11 is 0. The van der Waals surface area contributed by atoms with Crippen molar-refractivity contribution >= 4 is 5.78 Å². The van der Waals surface area contributed by atoms with Gasteiger partial charge in [-0.2, -0.15) is 0 Å². The molecule has 0 aliphatic heterocycles. The normalized spacial score (nSPS) is 30.5. The summed E-state index contributed by atoms with van der Waals surface area (Å²) in [6.07, 6.45) is 4.33. The molecule has 0 heterocycles. The minimum Gasteiger partial charge on any atom is -0.496 e. The van der Waals surface area contributed by atoms with Crippen LogP contribution in [-0.2, 0) is 5.41 Å². The van der Waals surface area contributed by atoms with Gasteiger partial charge in [-0.3, -0.25) is 4.79 Å². The molecule has 1 aromatic carbocycles. The molecular weight excluding hydrogens is 260 g/mol. The molecule has 2 aliphatic carbocycles. The van der Waals surface area contributed by atoms with Crippen LogP contribution in [0.25, 0.3) is 0 Å². The van der Waals surface area contributed by atoms with Crippen LogP contribution in [-0.4, -0.2) is 12.9 Å². The van der Waals surface area contributed by atoms with E-state index in [-0.39, 0.29) is 10.8 Å². The molecule has 0 spiro atoms. The van der Waals surface area contributed by atoms with Crippen LogP contribution in [0.2, 0.25) is 0 Å². The smallest absolute Gasteiger partial charge is 0.163 e. The van der Waals surface area contributed by atoms with E-state index in [0.29, 0.717) is 18.1 Å². The van der Waals surface area contributed by atoms with Gasteiger partial charge in [-0.25, -0.2) is 0 Å². The van der Waals surface area contributed by atoms with Crippen molar-refractivity contribution in [3.05, 3.63) is 28.8 Å². The van der Waals surface area contributed by atoms with Crippen LogP contribution >= 0.6 is 0 Å². The Hall–Kier alpha value is -1.31. The van der Waals surface area contributed by atoms with Crippen LogP contribution in [0.5, 0.6) is 5.75 Å². The Balaban J connectivity index is 2.21. The Bertz CT molecular complexity index is 600. The number of carbonyl (C=O) groups is 1. The molecule has 21 heavy (non-hydrogen) atoms. The number of rotatable bonds is 1. The fourth-order valence-electron chi connectivity index (χ4n) is 4.85. The van der Waals surface area contributed by atoms with E-state index in [1.165, 1.54) is 24.8 Å². The van der Waals surface area contributed by atoms with Crippen LogP contribution in [0.1, 0.15) is 67.9 Å². The predicted octanol–water partition coefficient (Wildman–Crippen LogP) is 4.67. The fraction of sp³-hybridized carbons (Fsp3) is 0.632. The summed E-state index contributed by atoms with van der Waals surface area (Å²) in [5.74, 6) is 1.66. The Labute approximate surface area is 127 Å². The summed E-state index contributed by atoms with van der Waals surface area (Å²) in [5.41, 5.74) is 3.55. The van der Waals surface area contributed by atoms with E-state index in [1.807, 2.05) is 13.0 Å². The molecule has 114 valence electrons. The van der Waals surface area contributed by atoms with E-state index >= 15 is 0 Å². The van der Waals surface area contributed by atoms with Gasteiger partial charge >= 0.3 is 0 Å².